The van der Waals surface area contributed by atoms with E-state index in [1.54, 1.807) is 22.6 Å². The van der Waals surface area contributed by atoms with Gasteiger partial charge < -0.3 is 9.47 Å². The SMILES string of the molecule is Fc1cc(C2CCC3(CC2)OCCO3)cc(F)c1I. The normalized spacial score (nSPS) is 23.1. The van der Waals surface area contributed by atoms with E-state index in [9.17, 15) is 8.78 Å². The van der Waals surface area contributed by atoms with E-state index in [2.05, 4.69) is 0 Å². The lowest BCUT2D eigenvalue weighted by Crippen LogP contribution is -2.34. The summed E-state index contributed by atoms with van der Waals surface area (Å²) < 4.78 is 38.6. The van der Waals surface area contributed by atoms with Gasteiger partial charge in [0.1, 0.15) is 11.6 Å². The Bertz CT molecular complexity index is 453. The summed E-state index contributed by atoms with van der Waals surface area (Å²) in [7, 11) is 0. The van der Waals surface area contributed by atoms with Crippen molar-refractivity contribution in [1.29, 1.82) is 0 Å². The van der Waals surface area contributed by atoms with Crippen LogP contribution in [0.4, 0.5) is 8.78 Å². The molecule has 0 aromatic heterocycles. The Hall–Kier alpha value is -0.270. The van der Waals surface area contributed by atoms with Crippen molar-refractivity contribution >= 4 is 22.6 Å². The van der Waals surface area contributed by atoms with Gasteiger partial charge in [0.15, 0.2) is 5.79 Å². The van der Waals surface area contributed by atoms with E-state index in [4.69, 9.17) is 9.47 Å². The van der Waals surface area contributed by atoms with Crippen molar-refractivity contribution in [2.75, 3.05) is 13.2 Å². The van der Waals surface area contributed by atoms with Crippen LogP contribution in [0.1, 0.15) is 37.2 Å². The third-order valence-electron chi connectivity index (χ3n) is 4.04. The number of hydrogen-bond acceptors (Lipinski definition) is 2. The van der Waals surface area contributed by atoms with Gasteiger partial charge in [-0.1, -0.05) is 0 Å². The van der Waals surface area contributed by atoms with Gasteiger partial charge >= 0.3 is 0 Å². The Morgan fingerprint density at radius 1 is 1.05 bits per heavy atom. The van der Waals surface area contributed by atoms with Crippen molar-refractivity contribution in [3.63, 3.8) is 0 Å². The minimum atomic E-state index is -0.468. The second-order valence-corrected chi connectivity index (χ2v) is 6.26. The van der Waals surface area contributed by atoms with Crippen LogP contribution in [0.5, 0.6) is 0 Å². The minimum absolute atomic E-state index is 0.0658. The van der Waals surface area contributed by atoms with Crippen molar-refractivity contribution < 1.29 is 18.3 Å². The molecule has 2 nitrogen and oxygen atoms in total. The van der Waals surface area contributed by atoms with Crippen molar-refractivity contribution in [1.82, 2.24) is 0 Å². The maximum atomic E-state index is 13.6. The molecule has 1 saturated heterocycles. The largest absolute Gasteiger partial charge is 0.348 e. The Balaban J connectivity index is 1.74. The van der Waals surface area contributed by atoms with Crippen molar-refractivity contribution in [3.05, 3.63) is 32.9 Å². The molecule has 1 aromatic rings. The topological polar surface area (TPSA) is 18.5 Å². The quantitative estimate of drug-likeness (QED) is 0.542. The Kier molecular flexibility index (Phi) is 3.79. The lowest BCUT2D eigenvalue weighted by Gasteiger charge is -2.35. The fourth-order valence-corrected chi connectivity index (χ4v) is 3.30. The molecule has 104 valence electrons. The summed E-state index contributed by atoms with van der Waals surface area (Å²) in [4.78, 5) is 0. The number of ether oxygens (including phenoxy) is 2. The number of benzene rings is 1. The smallest absolute Gasteiger partial charge is 0.168 e. The third kappa shape index (κ3) is 2.64. The standard InChI is InChI=1S/C14H15F2IO2/c15-11-7-10(8-12(16)13(11)17)9-1-3-14(4-2-9)18-5-6-19-14/h7-9H,1-6H2. The molecule has 2 aliphatic rings. The highest BCUT2D eigenvalue weighted by atomic mass is 127. The van der Waals surface area contributed by atoms with Crippen LogP contribution in [0.15, 0.2) is 12.1 Å². The predicted octanol–water partition coefficient (Wildman–Crippen LogP) is 3.97. The summed E-state index contributed by atoms with van der Waals surface area (Å²) in [5.74, 6) is -1.16. The maximum absolute atomic E-state index is 13.6. The molecule has 0 bridgehead atoms. The highest BCUT2D eigenvalue weighted by molar-refractivity contribution is 14.1. The highest BCUT2D eigenvalue weighted by Gasteiger charge is 2.40. The summed E-state index contributed by atoms with van der Waals surface area (Å²) in [6.07, 6.45) is 3.29. The molecule has 0 amide bonds. The Morgan fingerprint density at radius 3 is 2.11 bits per heavy atom. The molecule has 1 saturated carbocycles. The second kappa shape index (κ2) is 5.26. The first-order valence-electron chi connectivity index (χ1n) is 6.52. The maximum Gasteiger partial charge on any atom is 0.168 e. The fraction of sp³-hybridized carbons (Fsp3) is 0.571. The van der Waals surface area contributed by atoms with Gasteiger partial charge in [-0.3, -0.25) is 0 Å². The molecule has 0 N–H and O–H groups in total. The number of rotatable bonds is 1. The van der Waals surface area contributed by atoms with Crippen LogP contribution in [-0.2, 0) is 9.47 Å². The number of hydrogen-bond donors (Lipinski definition) is 0. The van der Waals surface area contributed by atoms with Crippen LogP contribution >= 0.6 is 22.6 Å². The molecule has 1 aliphatic carbocycles. The Labute approximate surface area is 124 Å². The van der Waals surface area contributed by atoms with Crippen LogP contribution in [0.3, 0.4) is 0 Å². The second-order valence-electron chi connectivity index (χ2n) is 5.18. The van der Waals surface area contributed by atoms with Gasteiger partial charge in [0.05, 0.1) is 16.8 Å². The van der Waals surface area contributed by atoms with Crippen LogP contribution in [0.2, 0.25) is 0 Å². The average Bonchev–Trinajstić information content (AvgIpc) is 2.85. The minimum Gasteiger partial charge on any atom is -0.348 e. The molecule has 0 atom stereocenters. The molecule has 19 heavy (non-hydrogen) atoms. The molecule has 3 rings (SSSR count). The van der Waals surface area contributed by atoms with Gasteiger partial charge in [-0.05, 0) is 59.0 Å². The molecular weight excluding hydrogens is 365 g/mol. The summed E-state index contributed by atoms with van der Waals surface area (Å²) in [6.45, 7) is 1.30. The average molecular weight is 380 g/mol. The van der Waals surface area contributed by atoms with Crippen LogP contribution in [0.25, 0.3) is 0 Å². The lowest BCUT2D eigenvalue weighted by atomic mass is 9.81. The zero-order chi connectivity index (χ0) is 13.5. The molecular formula is C14H15F2IO2. The predicted molar refractivity (Wildman–Crippen MR) is 74.9 cm³/mol. The van der Waals surface area contributed by atoms with E-state index in [0.29, 0.717) is 13.2 Å². The molecule has 5 heteroatoms. The fourth-order valence-electron chi connectivity index (χ4n) is 2.99. The van der Waals surface area contributed by atoms with Gasteiger partial charge in [0.2, 0.25) is 0 Å². The first kappa shape index (κ1) is 13.7. The molecule has 1 aromatic carbocycles. The highest BCUT2D eigenvalue weighted by Crippen LogP contribution is 2.42. The summed E-state index contributed by atoms with van der Waals surface area (Å²) in [5.41, 5.74) is 0.753. The van der Waals surface area contributed by atoms with Crippen LogP contribution in [0, 0.1) is 15.2 Å². The molecule has 1 aliphatic heterocycles. The van der Waals surface area contributed by atoms with Gasteiger partial charge in [0.25, 0.3) is 0 Å². The van der Waals surface area contributed by atoms with E-state index in [1.165, 1.54) is 12.1 Å². The third-order valence-corrected chi connectivity index (χ3v) is 5.07. The van der Waals surface area contributed by atoms with E-state index >= 15 is 0 Å². The van der Waals surface area contributed by atoms with Gasteiger partial charge in [-0.2, -0.15) is 0 Å². The van der Waals surface area contributed by atoms with Gasteiger partial charge in [-0.15, -0.1) is 0 Å². The van der Waals surface area contributed by atoms with Crippen molar-refractivity contribution in [3.8, 4) is 0 Å². The van der Waals surface area contributed by atoms with E-state index in [0.717, 1.165) is 31.2 Å². The Morgan fingerprint density at radius 2 is 1.58 bits per heavy atom. The number of halogens is 3. The van der Waals surface area contributed by atoms with Crippen LogP contribution < -0.4 is 0 Å². The molecule has 2 fully saturated rings. The first-order chi connectivity index (χ1) is 9.10. The van der Waals surface area contributed by atoms with E-state index in [-0.39, 0.29) is 9.49 Å². The summed E-state index contributed by atoms with van der Waals surface area (Å²) in [6, 6.07) is 2.92. The lowest BCUT2D eigenvalue weighted by molar-refractivity contribution is -0.178. The molecule has 1 spiro atoms. The zero-order valence-electron chi connectivity index (χ0n) is 10.4. The first-order valence-corrected chi connectivity index (χ1v) is 7.60. The molecule has 0 unspecified atom stereocenters. The molecule has 1 heterocycles. The van der Waals surface area contributed by atoms with E-state index in [1.807, 2.05) is 0 Å². The van der Waals surface area contributed by atoms with Crippen molar-refractivity contribution in [2.24, 2.45) is 0 Å². The van der Waals surface area contributed by atoms with Gasteiger partial charge in [-0.25, -0.2) is 8.78 Å². The van der Waals surface area contributed by atoms with Gasteiger partial charge in [0, 0.05) is 12.8 Å². The monoisotopic (exact) mass is 380 g/mol. The van der Waals surface area contributed by atoms with E-state index < -0.39 is 17.4 Å². The van der Waals surface area contributed by atoms with Crippen molar-refractivity contribution in [2.45, 2.75) is 37.4 Å². The molecule has 0 radical (unpaired) electrons. The zero-order valence-corrected chi connectivity index (χ0v) is 12.6. The summed E-state index contributed by atoms with van der Waals surface area (Å²) >= 11 is 1.69. The van der Waals surface area contributed by atoms with Crippen LogP contribution in [-0.4, -0.2) is 19.0 Å². The summed E-state index contributed by atoms with van der Waals surface area (Å²) in [5, 5.41) is 0.